The zero-order valence-electron chi connectivity index (χ0n) is 12.8. The molecule has 0 radical (unpaired) electrons. The SMILES string of the molecule is CC(C)C(=O)Nc1cccc(NC(=O)C(C)(N)C2CC2)c1. The fraction of sp³-hybridized carbons (Fsp3) is 0.500. The monoisotopic (exact) mass is 289 g/mol. The highest BCUT2D eigenvalue weighted by molar-refractivity contribution is 5.99. The molecular formula is C16H23N3O2. The molecular weight excluding hydrogens is 266 g/mol. The van der Waals surface area contributed by atoms with Crippen LogP contribution in [0.2, 0.25) is 0 Å². The van der Waals surface area contributed by atoms with E-state index in [4.69, 9.17) is 5.73 Å². The first kappa shape index (κ1) is 15.5. The Labute approximate surface area is 125 Å². The van der Waals surface area contributed by atoms with Crippen molar-refractivity contribution in [1.29, 1.82) is 0 Å². The Hall–Kier alpha value is -1.88. The number of benzene rings is 1. The summed E-state index contributed by atoms with van der Waals surface area (Å²) in [5.74, 6) is -0.0655. The van der Waals surface area contributed by atoms with Crippen LogP contribution in [-0.2, 0) is 9.59 Å². The van der Waals surface area contributed by atoms with E-state index in [-0.39, 0.29) is 23.7 Å². The van der Waals surface area contributed by atoms with Crippen molar-refractivity contribution in [3.8, 4) is 0 Å². The van der Waals surface area contributed by atoms with Crippen LogP contribution < -0.4 is 16.4 Å². The highest BCUT2D eigenvalue weighted by Crippen LogP contribution is 2.38. The van der Waals surface area contributed by atoms with E-state index in [0.717, 1.165) is 12.8 Å². The summed E-state index contributed by atoms with van der Waals surface area (Å²) >= 11 is 0. The quantitative estimate of drug-likeness (QED) is 0.778. The summed E-state index contributed by atoms with van der Waals surface area (Å²) in [5.41, 5.74) is 6.56. The zero-order valence-corrected chi connectivity index (χ0v) is 12.8. The first-order valence-corrected chi connectivity index (χ1v) is 7.32. The highest BCUT2D eigenvalue weighted by Gasteiger charge is 2.44. The summed E-state index contributed by atoms with van der Waals surface area (Å²) < 4.78 is 0. The van der Waals surface area contributed by atoms with Crippen LogP contribution >= 0.6 is 0 Å². The first-order chi connectivity index (χ1) is 9.80. The van der Waals surface area contributed by atoms with Gasteiger partial charge in [-0.1, -0.05) is 19.9 Å². The predicted octanol–water partition coefficient (Wildman–Crippen LogP) is 2.35. The average molecular weight is 289 g/mol. The summed E-state index contributed by atoms with van der Waals surface area (Å²) in [6.07, 6.45) is 2.01. The van der Waals surface area contributed by atoms with Gasteiger partial charge in [0.15, 0.2) is 0 Å². The van der Waals surface area contributed by atoms with Crippen LogP contribution in [0.15, 0.2) is 24.3 Å². The van der Waals surface area contributed by atoms with Crippen LogP contribution in [0.1, 0.15) is 33.6 Å². The number of nitrogens with two attached hydrogens (primary N) is 1. The molecule has 1 aliphatic carbocycles. The molecule has 1 aliphatic rings. The van der Waals surface area contributed by atoms with Gasteiger partial charge in [0.05, 0.1) is 5.54 Å². The lowest BCUT2D eigenvalue weighted by atomic mass is 9.96. The lowest BCUT2D eigenvalue weighted by Crippen LogP contribution is -2.50. The largest absolute Gasteiger partial charge is 0.326 e. The number of carbonyl (C=O) groups is 2. The predicted molar refractivity (Wildman–Crippen MR) is 83.9 cm³/mol. The molecule has 1 saturated carbocycles. The molecule has 0 aromatic heterocycles. The van der Waals surface area contributed by atoms with Crippen molar-refractivity contribution < 1.29 is 9.59 Å². The topological polar surface area (TPSA) is 84.2 Å². The summed E-state index contributed by atoms with van der Waals surface area (Å²) in [6.45, 7) is 5.43. The fourth-order valence-corrected chi connectivity index (χ4v) is 2.10. The molecule has 5 nitrogen and oxygen atoms in total. The Morgan fingerprint density at radius 1 is 1.24 bits per heavy atom. The summed E-state index contributed by atoms with van der Waals surface area (Å²) in [4.78, 5) is 23.9. The van der Waals surface area contributed by atoms with Crippen molar-refractivity contribution in [2.24, 2.45) is 17.6 Å². The molecule has 0 spiro atoms. The minimum absolute atomic E-state index is 0.0554. The molecule has 4 N–H and O–H groups in total. The van der Waals surface area contributed by atoms with Crippen LogP contribution in [-0.4, -0.2) is 17.4 Å². The second-order valence-electron chi connectivity index (χ2n) is 6.24. The minimum atomic E-state index is -0.836. The zero-order chi connectivity index (χ0) is 15.6. The lowest BCUT2D eigenvalue weighted by molar-refractivity contribution is -0.121. The molecule has 114 valence electrons. The van der Waals surface area contributed by atoms with Crippen molar-refractivity contribution in [2.75, 3.05) is 10.6 Å². The van der Waals surface area contributed by atoms with Crippen molar-refractivity contribution in [3.05, 3.63) is 24.3 Å². The Kier molecular flexibility index (Phi) is 4.32. The van der Waals surface area contributed by atoms with Gasteiger partial charge in [0.2, 0.25) is 11.8 Å². The average Bonchev–Trinajstić information content (AvgIpc) is 3.23. The van der Waals surface area contributed by atoms with E-state index >= 15 is 0 Å². The number of anilines is 2. The van der Waals surface area contributed by atoms with Crippen molar-refractivity contribution in [2.45, 2.75) is 39.2 Å². The van der Waals surface area contributed by atoms with Crippen LogP contribution in [0.25, 0.3) is 0 Å². The van der Waals surface area contributed by atoms with E-state index in [0.29, 0.717) is 11.4 Å². The van der Waals surface area contributed by atoms with E-state index in [1.807, 2.05) is 13.8 Å². The number of rotatable bonds is 5. The van der Waals surface area contributed by atoms with Crippen LogP contribution in [0.5, 0.6) is 0 Å². The van der Waals surface area contributed by atoms with Crippen LogP contribution in [0.4, 0.5) is 11.4 Å². The van der Waals surface area contributed by atoms with Crippen molar-refractivity contribution in [3.63, 3.8) is 0 Å². The minimum Gasteiger partial charge on any atom is -0.326 e. The van der Waals surface area contributed by atoms with E-state index in [1.165, 1.54) is 0 Å². The Bertz CT molecular complexity index is 548. The van der Waals surface area contributed by atoms with Gasteiger partial charge in [0.25, 0.3) is 0 Å². The molecule has 0 aliphatic heterocycles. The number of hydrogen-bond acceptors (Lipinski definition) is 3. The maximum Gasteiger partial charge on any atom is 0.244 e. The Morgan fingerprint density at radius 2 is 1.81 bits per heavy atom. The second-order valence-corrected chi connectivity index (χ2v) is 6.24. The van der Waals surface area contributed by atoms with Gasteiger partial charge in [-0.2, -0.15) is 0 Å². The molecule has 0 heterocycles. The van der Waals surface area contributed by atoms with Gasteiger partial charge >= 0.3 is 0 Å². The maximum absolute atomic E-state index is 12.2. The third kappa shape index (κ3) is 3.82. The van der Waals surface area contributed by atoms with Crippen molar-refractivity contribution in [1.82, 2.24) is 0 Å². The molecule has 1 fully saturated rings. The standard InChI is InChI=1S/C16H23N3O2/c1-10(2)14(20)18-12-5-4-6-13(9-12)19-15(21)16(3,17)11-7-8-11/h4-6,9-11H,7-8,17H2,1-3H3,(H,18,20)(H,19,21). The fourth-order valence-electron chi connectivity index (χ4n) is 2.10. The molecule has 5 heteroatoms. The van der Waals surface area contributed by atoms with Crippen molar-refractivity contribution >= 4 is 23.2 Å². The molecule has 2 rings (SSSR count). The molecule has 1 aromatic carbocycles. The summed E-state index contributed by atoms with van der Waals surface area (Å²) in [7, 11) is 0. The lowest BCUT2D eigenvalue weighted by Gasteiger charge is -2.23. The van der Waals surface area contributed by atoms with E-state index in [9.17, 15) is 9.59 Å². The van der Waals surface area contributed by atoms with Gasteiger partial charge in [-0.05, 0) is 43.9 Å². The van der Waals surface area contributed by atoms with E-state index in [1.54, 1.807) is 31.2 Å². The number of hydrogen-bond donors (Lipinski definition) is 3. The van der Waals surface area contributed by atoms with Gasteiger partial charge in [0, 0.05) is 17.3 Å². The van der Waals surface area contributed by atoms with E-state index in [2.05, 4.69) is 10.6 Å². The normalized spacial score (nSPS) is 17.2. The van der Waals surface area contributed by atoms with Gasteiger partial charge in [-0.3, -0.25) is 9.59 Å². The van der Waals surface area contributed by atoms with Crippen LogP contribution in [0.3, 0.4) is 0 Å². The third-order valence-electron chi connectivity index (χ3n) is 3.83. The molecule has 0 bridgehead atoms. The molecule has 21 heavy (non-hydrogen) atoms. The van der Waals surface area contributed by atoms with Gasteiger partial charge < -0.3 is 16.4 Å². The molecule has 2 amide bonds. The third-order valence-corrected chi connectivity index (χ3v) is 3.83. The van der Waals surface area contributed by atoms with Gasteiger partial charge in [-0.15, -0.1) is 0 Å². The second kappa shape index (κ2) is 5.85. The molecule has 1 unspecified atom stereocenters. The maximum atomic E-state index is 12.2. The smallest absolute Gasteiger partial charge is 0.244 e. The Balaban J connectivity index is 2.04. The summed E-state index contributed by atoms with van der Waals surface area (Å²) in [5, 5.41) is 5.64. The number of nitrogens with one attached hydrogen (secondary N) is 2. The number of amides is 2. The van der Waals surface area contributed by atoms with Gasteiger partial charge in [0.1, 0.15) is 0 Å². The molecule has 1 aromatic rings. The summed E-state index contributed by atoms with van der Waals surface area (Å²) in [6, 6.07) is 7.10. The molecule has 0 saturated heterocycles. The molecule has 1 atom stereocenters. The highest BCUT2D eigenvalue weighted by atomic mass is 16.2. The Morgan fingerprint density at radius 3 is 2.33 bits per heavy atom. The first-order valence-electron chi connectivity index (χ1n) is 7.32. The van der Waals surface area contributed by atoms with Gasteiger partial charge in [-0.25, -0.2) is 0 Å². The van der Waals surface area contributed by atoms with E-state index < -0.39 is 5.54 Å². The number of carbonyl (C=O) groups excluding carboxylic acids is 2. The van der Waals surface area contributed by atoms with Crippen LogP contribution in [0, 0.1) is 11.8 Å².